The quantitative estimate of drug-likeness (QED) is 0.647. The molecule has 2 aliphatic heterocycles. The van der Waals surface area contributed by atoms with Crippen molar-refractivity contribution in [1.29, 1.82) is 0 Å². The molecule has 11 nitrogen and oxygen atoms in total. The molecule has 0 radical (unpaired) electrons. The number of morpholine rings is 1. The van der Waals surface area contributed by atoms with Crippen molar-refractivity contribution in [1.82, 2.24) is 29.5 Å². The van der Waals surface area contributed by atoms with Crippen LogP contribution in [0.15, 0.2) is 12.4 Å². The maximum absolute atomic E-state index is 5.76. The average Bonchev–Trinajstić information content (AvgIpc) is 3.05. The first-order valence-electron chi connectivity index (χ1n) is 9.40. The van der Waals surface area contributed by atoms with Gasteiger partial charge in [-0.1, -0.05) is 0 Å². The van der Waals surface area contributed by atoms with Crippen LogP contribution in [-0.4, -0.2) is 76.1 Å². The first-order chi connectivity index (χ1) is 14.1. The van der Waals surface area contributed by atoms with E-state index in [9.17, 15) is 0 Å². The molecule has 3 aromatic heterocycles. The maximum atomic E-state index is 5.76. The van der Waals surface area contributed by atoms with Crippen molar-refractivity contribution in [3.8, 4) is 11.4 Å². The van der Waals surface area contributed by atoms with Crippen LogP contribution in [0.25, 0.3) is 22.6 Å². The second-order valence-electron chi connectivity index (χ2n) is 7.16. The monoisotopic (exact) mass is 398 g/mol. The van der Waals surface area contributed by atoms with Crippen molar-refractivity contribution >= 4 is 22.9 Å². The average molecular weight is 398 g/mol. The molecular weight excluding hydrogens is 376 g/mol. The third-order valence-corrected chi connectivity index (χ3v) is 5.41. The predicted molar refractivity (Wildman–Crippen MR) is 104 cm³/mol. The van der Waals surface area contributed by atoms with Crippen LogP contribution in [0, 0.1) is 0 Å². The molecule has 29 heavy (non-hydrogen) atoms. The zero-order chi connectivity index (χ0) is 20.0. The fourth-order valence-corrected chi connectivity index (χ4v) is 3.66. The van der Waals surface area contributed by atoms with Gasteiger partial charge in [-0.05, 0) is 0 Å². The summed E-state index contributed by atoms with van der Waals surface area (Å²) in [7, 11) is 3.61. The molecule has 0 atom stereocenters. The van der Waals surface area contributed by atoms with Crippen LogP contribution in [0.1, 0.15) is 5.82 Å². The molecule has 152 valence electrons. The smallest absolute Gasteiger partial charge is 0.219 e. The minimum atomic E-state index is -0.567. The second kappa shape index (κ2) is 6.87. The maximum Gasteiger partial charge on any atom is 0.219 e. The van der Waals surface area contributed by atoms with Crippen molar-refractivity contribution in [2.24, 2.45) is 7.05 Å². The molecule has 2 saturated heterocycles. The lowest BCUT2D eigenvalue weighted by atomic mass is 10.0. The summed E-state index contributed by atoms with van der Waals surface area (Å²) < 4.78 is 18.6. The Morgan fingerprint density at radius 2 is 1.79 bits per heavy atom. The van der Waals surface area contributed by atoms with Crippen molar-refractivity contribution in [3.05, 3.63) is 18.2 Å². The van der Waals surface area contributed by atoms with E-state index < -0.39 is 5.60 Å². The zero-order valence-corrected chi connectivity index (χ0v) is 16.3. The molecule has 0 amide bonds. The number of nitrogens with two attached hydrogens (primary N) is 1. The van der Waals surface area contributed by atoms with Crippen molar-refractivity contribution < 1.29 is 14.2 Å². The Kier molecular flexibility index (Phi) is 4.30. The first kappa shape index (κ1) is 18.2. The van der Waals surface area contributed by atoms with Crippen LogP contribution in [0.2, 0.25) is 0 Å². The predicted octanol–water partition coefficient (Wildman–Crippen LogP) is 0.111. The summed E-state index contributed by atoms with van der Waals surface area (Å²) in [5.74, 6) is 2.26. The van der Waals surface area contributed by atoms with Gasteiger partial charge in [0.2, 0.25) is 5.95 Å². The van der Waals surface area contributed by atoms with E-state index in [1.165, 1.54) is 0 Å². The number of rotatable bonds is 4. The highest BCUT2D eigenvalue weighted by molar-refractivity contribution is 5.86. The number of fused-ring (bicyclic) bond motifs is 1. The minimum absolute atomic E-state index is 0.207. The largest absolute Gasteiger partial charge is 0.378 e. The van der Waals surface area contributed by atoms with Crippen molar-refractivity contribution in [2.75, 3.05) is 57.3 Å². The summed E-state index contributed by atoms with van der Waals surface area (Å²) >= 11 is 0. The molecular formula is C18H22N8O3. The highest BCUT2D eigenvalue weighted by Crippen LogP contribution is 2.36. The van der Waals surface area contributed by atoms with Crippen LogP contribution < -0.4 is 10.6 Å². The third kappa shape index (κ3) is 2.89. The van der Waals surface area contributed by atoms with Crippen molar-refractivity contribution in [2.45, 2.75) is 5.60 Å². The number of hydrogen-bond donors (Lipinski definition) is 1. The van der Waals surface area contributed by atoms with Crippen LogP contribution in [0.4, 0.5) is 11.8 Å². The number of anilines is 2. The SMILES string of the molecule is COC1(c2nc3c(N4CCOCC4)nc(-c4cnc(N)nc4)nc3n2C)COC1. The van der Waals surface area contributed by atoms with Gasteiger partial charge in [-0.2, -0.15) is 0 Å². The molecule has 0 bridgehead atoms. The molecule has 0 spiro atoms. The van der Waals surface area contributed by atoms with E-state index in [2.05, 4.69) is 14.9 Å². The number of nitrogen functional groups attached to an aromatic ring is 1. The third-order valence-electron chi connectivity index (χ3n) is 5.41. The second-order valence-corrected chi connectivity index (χ2v) is 7.16. The molecule has 2 aliphatic rings. The lowest BCUT2D eigenvalue weighted by Gasteiger charge is -2.38. The number of aromatic nitrogens is 6. The Morgan fingerprint density at radius 1 is 1.07 bits per heavy atom. The number of nitrogens with zero attached hydrogens (tertiary/aromatic N) is 7. The number of aryl methyl sites for hydroxylation is 1. The molecule has 0 aliphatic carbocycles. The summed E-state index contributed by atoms with van der Waals surface area (Å²) in [5, 5.41) is 0. The molecule has 2 N–H and O–H groups in total. The fraction of sp³-hybridized carbons (Fsp3) is 0.500. The Labute approximate surface area is 166 Å². The molecule has 3 aromatic rings. The van der Waals surface area contributed by atoms with Crippen LogP contribution in [0.3, 0.4) is 0 Å². The van der Waals surface area contributed by atoms with Crippen LogP contribution in [-0.2, 0) is 26.9 Å². The van der Waals surface area contributed by atoms with Gasteiger partial charge >= 0.3 is 0 Å². The highest BCUT2D eigenvalue weighted by Gasteiger charge is 2.45. The molecule has 5 heterocycles. The Bertz CT molecular complexity index is 1040. The van der Waals surface area contributed by atoms with E-state index in [4.69, 9.17) is 34.9 Å². The van der Waals surface area contributed by atoms with Gasteiger partial charge in [0.05, 0.1) is 32.0 Å². The lowest BCUT2D eigenvalue weighted by molar-refractivity contribution is -0.207. The van der Waals surface area contributed by atoms with Gasteiger partial charge in [0.25, 0.3) is 0 Å². The highest BCUT2D eigenvalue weighted by atomic mass is 16.6. The standard InChI is InChI=1S/C18H22N8O3/c1-25-14-12(22-16(25)18(27-2)9-29-10-18)15(26-3-5-28-6-4-26)24-13(23-14)11-7-20-17(19)21-8-11/h7-8H,3-6,9-10H2,1-2H3,(H2,19,20,21). The summed E-state index contributed by atoms with van der Waals surface area (Å²) in [6.45, 7) is 3.66. The lowest BCUT2D eigenvalue weighted by Crippen LogP contribution is -2.50. The molecule has 0 aromatic carbocycles. The van der Waals surface area contributed by atoms with Gasteiger partial charge in [-0.15, -0.1) is 0 Å². The molecule has 5 rings (SSSR count). The fourth-order valence-electron chi connectivity index (χ4n) is 3.66. The molecule has 0 saturated carbocycles. The number of imidazole rings is 1. The van der Waals surface area contributed by atoms with E-state index in [0.717, 1.165) is 30.2 Å². The van der Waals surface area contributed by atoms with Gasteiger partial charge in [0, 0.05) is 39.6 Å². The first-order valence-corrected chi connectivity index (χ1v) is 9.40. The van der Waals surface area contributed by atoms with Gasteiger partial charge in [-0.25, -0.2) is 24.9 Å². The van der Waals surface area contributed by atoms with Crippen molar-refractivity contribution in [3.63, 3.8) is 0 Å². The summed E-state index contributed by atoms with van der Waals surface area (Å²) in [6.07, 6.45) is 3.25. The van der Waals surface area contributed by atoms with Crippen LogP contribution in [0.5, 0.6) is 0 Å². The van der Waals surface area contributed by atoms with Gasteiger partial charge < -0.3 is 29.4 Å². The van der Waals surface area contributed by atoms with Gasteiger partial charge in [-0.3, -0.25) is 0 Å². The minimum Gasteiger partial charge on any atom is -0.378 e. The Balaban J connectivity index is 1.71. The van der Waals surface area contributed by atoms with E-state index in [1.807, 2.05) is 11.6 Å². The number of hydrogen-bond acceptors (Lipinski definition) is 10. The van der Waals surface area contributed by atoms with E-state index in [1.54, 1.807) is 19.5 Å². The molecule has 2 fully saturated rings. The van der Waals surface area contributed by atoms with Gasteiger partial charge in [0.1, 0.15) is 5.82 Å². The van der Waals surface area contributed by atoms with E-state index in [-0.39, 0.29) is 5.95 Å². The summed E-state index contributed by atoms with van der Waals surface area (Å²) in [6, 6.07) is 0. The summed E-state index contributed by atoms with van der Waals surface area (Å²) in [4.78, 5) is 24.8. The van der Waals surface area contributed by atoms with E-state index >= 15 is 0 Å². The number of methoxy groups -OCH3 is 1. The molecule has 11 heteroatoms. The normalized spacial score (nSPS) is 18.8. The Morgan fingerprint density at radius 3 is 2.41 bits per heavy atom. The topological polar surface area (TPSA) is 126 Å². The zero-order valence-electron chi connectivity index (χ0n) is 16.3. The number of ether oxygens (including phenoxy) is 3. The molecule has 0 unspecified atom stereocenters. The van der Waals surface area contributed by atoms with Crippen LogP contribution >= 0.6 is 0 Å². The van der Waals surface area contributed by atoms with Gasteiger partial charge in [0.15, 0.2) is 28.4 Å². The summed E-state index contributed by atoms with van der Waals surface area (Å²) in [5.41, 5.74) is 7.19. The van der Waals surface area contributed by atoms with E-state index in [0.29, 0.717) is 43.5 Å². The Hall–Kier alpha value is -2.89.